The number of phenolic OH excluding ortho intramolecular Hbond substituents is 1. The average Bonchev–Trinajstić information content (AvgIpc) is 3.56. The van der Waals surface area contributed by atoms with Crippen molar-refractivity contribution in [1.82, 2.24) is 19.9 Å². The second kappa shape index (κ2) is 14.2. The molecule has 0 aliphatic heterocycles. The Labute approximate surface area is 275 Å². The van der Waals surface area contributed by atoms with Gasteiger partial charge in [-0.1, -0.05) is 18.2 Å². The van der Waals surface area contributed by atoms with Gasteiger partial charge in [0.2, 0.25) is 5.43 Å². The van der Waals surface area contributed by atoms with Crippen LogP contribution in [0.25, 0.3) is 32.6 Å². The number of thiazole rings is 1. The molecule has 250 valence electrons. The Balaban J connectivity index is 1.69. The standard InChI is InChI=1S/C33H30F3N5O6S/c1-3-37-32(46)40-28-13-22(30-39-27(17-48-30)33(34,35)36)24(14-38-28)19-7-10-26-23(12-19)29(44)25(31(45)47-4-2)15-41(26)20(16-42)11-18-5-8-21(43)9-6-18/h5-10,12-15,17,20,42-43H,3-4,11,16H2,1-2H3,(H2,37,38,40,46). The lowest BCUT2D eigenvalue weighted by Gasteiger charge is -2.22. The number of rotatable bonds is 10. The number of amides is 2. The number of nitrogens with zero attached hydrogens (tertiary/aromatic N) is 3. The number of fused-ring (bicyclic) bond motifs is 1. The number of benzene rings is 2. The fourth-order valence-corrected chi connectivity index (χ4v) is 5.97. The second-order valence-electron chi connectivity index (χ2n) is 10.6. The minimum absolute atomic E-state index is 0.00665. The molecule has 0 saturated carbocycles. The van der Waals surface area contributed by atoms with Crippen molar-refractivity contribution in [2.75, 3.05) is 25.1 Å². The highest BCUT2D eigenvalue weighted by atomic mass is 32.1. The van der Waals surface area contributed by atoms with Gasteiger partial charge in [-0.25, -0.2) is 19.6 Å². The molecular formula is C33H30F3N5O6S. The largest absolute Gasteiger partial charge is 0.508 e. The molecule has 11 nitrogen and oxygen atoms in total. The van der Waals surface area contributed by atoms with Crippen molar-refractivity contribution >= 4 is 40.1 Å². The summed E-state index contributed by atoms with van der Waals surface area (Å²) in [4.78, 5) is 47.0. The van der Waals surface area contributed by atoms with E-state index in [4.69, 9.17) is 4.74 Å². The van der Waals surface area contributed by atoms with Crippen molar-refractivity contribution in [2.45, 2.75) is 32.5 Å². The van der Waals surface area contributed by atoms with Gasteiger partial charge in [0.25, 0.3) is 0 Å². The Hall–Kier alpha value is -5.28. The first-order valence-corrected chi connectivity index (χ1v) is 15.6. The van der Waals surface area contributed by atoms with E-state index in [1.54, 1.807) is 42.7 Å². The first-order chi connectivity index (χ1) is 22.9. The number of anilines is 1. The molecule has 48 heavy (non-hydrogen) atoms. The Bertz CT molecular complexity index is 2030. The second-order valence-corrected chi connectivity index (χ2v) is 11.4. The number of hydrogen-bond acceptors (Lipinski definition) is 9. The molecule has 0 fully saturated rings. The van der Waals surface area contributed by atoms with E-state index in [1.165, 1.54) is 36.7 Å². The number of aliphatic hydroxyl groups is 1. The summed E-state index contributed by atoms with van der Waals surface area (Å²) in [5.41, 5.74) is -0.00905. The van der Waals surface area contributed by atoms with E-state index in [0.717, 1.165) is 22.3 Å². The maximum atomic E-state index is 13.8. The summed E-state index contributed by atoms with van der Waals surface area (Å²) in [7, 11) is 0. The maximum absolute atomic E-state index is 13.8. The quantitative estimate of drug-likeness (QED) is 0.131. The molecule has 3 aromatic heterocycles. The molecule has 15 heteroatoms. The van der Waals surface area contributed by atoms with Crippen LogP contribution in [0.15, 0.2) is 71.1 Å². The highest BCUT2D eigenvalue weighted by Crippen LogP contribution is 2.39. The number of aromatic nitrogens is 3. The fourth-order valence-electron chi connectivity index (χ4n) is 5.11. The molecule has 5 aromatic rings. The molecule has 1 atom stereocenters. The van der Waals surface area contributed by atoms with E-state index in [-0.39, 0.29) is 52.7 Å². The van der Waals surface area contributed by atoms with Crippen LogP contribution >= 0.6 is 11.3 Å². The number of hydrogen-bond donors (Lipinski definition) is 4. The molecule has 0 radical (unpaired) electrons. The number of nitrogens with one attached hydrogen (secondary N) is 2. The van der Waals surface area contributed by atoms with Gasteiger partial charge in [0.1, 0.15) is 22.1 Å². The van der Waals surface area contributed by atoms with Gasteiger partial charge in [-0.05, 0) is 61.7 Å². The van der Waals surface area contributed by atoms with Crippen LogP contribution < -0.4 is 16.1 Å². The van der Waals surface area contributed by atoms with E-state index < -0.39 is 35.3 Å². The topological polar surface area (TPSA) is 156 Å². The highest BCUT2D eigenvalue weighted by molar-refractivity contribution is 7.13. The molecule has 0 aliphatic rings. The number of urea groups is 1. The van der Waals surface area contributed by atoms with Crippen molar-refractivity contribution in [2.24, 2.45) is 0 Å². The molecule has 5 rings (SSSR count). The predicted octanol–water partition coefficient (Wildman–Crippen LogP) is 6.01. The van der Waals surface area contributed by atoms with Crippen LogP contribution in [0, 0.1) is 0 Å². The molecule has 2 aromatic carbocycles. The summed E-state index contributed by atoms with van der Waals surface area (Å²) in [6, 6.07) is 11.3. The summed E-state index contributed by atoms with van der Waals surface area (Å²) < 4.78 is 47.3. The lowest BCUT2D eigenvalue weighted by Crippen LogP contribution is -2.28. The smallest absolute Gasteiger partial charge is 0.434 e. The van der Waals surface area contributed by atoms with Gasteiger partial charge < -0.3 is 24.8 Å². The Morgan fingerprint density at radius 2 is 1.83 bits per heavy atom. The third-order valence-corrected chi connectivity index (χ3v) is 8.23. The molecule has 1 unspecified atom stereocenters. The predicted molar refractivity (Wildman–Crippen MR) is 174 cm³/mol. The zero-order valence-electron chi connectivity index (χ0n) is 25.7. The number of esters is 1. The number of aromatic hydroxyl groups is 1. The highest BCUT2D eigenvalue weighted by Gasteiger charge is 2.34. The maximum Gasteiger partial charge on any atom is 0.434 e. The van der Waals surface area contributed by atoms with Crippen LogP contribution in [0.1, 0.15) is 41.5 Å². The Morgan fingerprint density at radius 3 is 2.48 bits per heavy atom. The van der Waals surface area contributed by atoms with Crippen LogP contribution in [0.2, 0.25) is 0 Å². The van der Waals surface area contributed by atoms with E-state index in [2.05, 4.69) is 20.6 Å². The van der Waals surface area contributed by atoms with Gasteiger partial charge in [0.05, 0.1) is 24.8 Å². The lowest BCUT2D eigenvalue weighted by molar-refractivity contribution is -0.140. The van der Waals surface area contributed by atoms with E-state index in [9.17, 15) is 37.8 Å². The Kier molecular flexibility index (Phi) is 10.1. The van der Waals surface area contributed by atoms with Crippen molar-refractivity contribution < 1.29 is 37.7 Å². The van der Waals surface area contributed by atoms with E-state index >= 15 is 0 Å². The number of phenols is 1. The third-order valence-electron chi connectivity index (χ3n) is 7.36. The van der Waals surface area contributed by atoms with Gasteiger partial charge in [0, 0.05) is 40.8 Å². The molecule has 4 N–H and O–H groups in total. The molecule has 0 spiro atoms. The number of aliphatic hydroxyl groups excluding tert-OH is 1. The molecule has 2 amide bonds. The minimum atomic E-state index is -4.69. The fraction of sp³-hybridized carbons (Fsp3) is 0.242. The molecule has 0 saturated heterocycles. The van der Waals surface area contributed by atoms with Crippen molar-refractivity contribution in [3.8, 4) is 27.4 Å². The normalized spacial score (nSPS) is 12.1. The molecule has 3 heterocycles. The van der Waals surface area contributed by atoms with Gasteiger partial charge in [-0.15, -0.1) is 11.3 Å². The number of ether oxygens (including phenoxy) is 1. The van der Waals surface area contributed by atoms with Gasteiger partial charge in [-0.2, -0.15) is 13.2 Å². The van der Waals surface area contributed by atoms with Crippen LogP contribution in [0.3, 0.4) is 0 Å². The minimum Gasteiger partial charge on any atom is -0.508 e. The van der Waals surface area contributed by atoms with Crippen LogP contribution in [-0.4, -0.2) is 56.5 Å². The number of pyridine rings is 2. The lowest BCUT2D eigenvalue weighted by atomic mass is 9.98. The average molecular weight is 682 g/mol. The van der Waals surface area contributed by atoms with Gasteiger partial charge >= 0.3 is 18.2 Å². The van der Waals surface area contributed by atoms with Crippen LogP contribution in [0.5, 0.6) is 5.75 Å². The third kappa shape index (κ3) is 7.31. The summed E-state index contributed by atoms with van der Waals surface area (Å²) >= 11 is 0.748. The first kappa shape index (κ1) is 34.1. The summed E-state index contributed by atoms with van der Waals surface area (Å²) in [5.74, 6) is -0.744. The van der Waals surface area contributed by atoms with E-state index in [1.807, 2.05) is 0 Å². The molecule has 0 aliphatic carbocycles. The van der Waals surface area contributed by atoms with Gasteiger partial charge in [-0.3, -0.25) is 10.1 Å². The summed E-state index contributed by atoms with van der Waals surface area (Å²) in [6.45, 7) is 3.27. The SMILES string of the molecule is CCNC(=O)Nc1cc(-c2nc(C(F)(F)F)cs2)c(-c2ccc3c(c2)c(=O)c(C(=O)OCC)cn3C(CO)Cc2ccc(O)cc2)cn1. The zero-order valence-corrected chi connectivity index (χ0v) is 26.5. The summed E-state index contributed by atoms with van der Waals surface area (Å²) in [6.07, 6.45) is -1.72. The zero-order chi connectivity index (χ0) is 34.6. The van der Waals surface area contributed by atoms with Crippen molar-refractivity contribution in [3.63, 3.8) is 0 Å². The number of halogens is 3. The Morgan fingerprint density at radius 1 is 1.08 bits per heavy atom. The summed E-state index contributed by atoms with van der Waals surface area (Å²) in [5, 5.41) is 26.2. The number of carbonyl (C=O) groups is 2. The van der Waals surface area contributed by atoms with Crippen molar-refractivity contribution in [1.29, 1.82) is 0 Å². The van der Waals surface area contributed by atoms with E-state index in [0.29, 0.717) is 23.2 Å². The van der Waals surface area contributed by atoms with Crippen LogP contribution in [-0.2, 0) is 17.3 Å². The first-order valence-electron chi connectivity index (χ1n) is 14.8. The van der Waals surface area contributed by atoms with Crippen molar-refractivity contribution in [3.05, 3.63) is 93.3 Å². The molecule has 0 bridgehead atoms. The molecular weight excluding hydrogens is 651 g/mol. The van der Waals surface area contributed by atoms with Crippen LogP contribution in [0.4, 0.5) is 23.8 Å². The number of alkyl halides is 3. The van der Waals surface area contributed by atoms with Gasteiger partial charge in [0.15, 0.2) is 5.69 Å². The monoisotopic (exact) mass is 681 g/mol. The number of carbonyl (C=O) groups excluding carboxylic acids is 2.